The molecular weight excluding hydrogens is 222 g/mol. The van der Waals surface area contributed by atoms with Gasteiger partial charge in [-0.1, -0.05) is 19.8 Å². The molecule has 2 heterocycles. The average Bonchev–Trinajstić information content (AvgIpc) is 2.39. The molecular formula is C15H25N3. The zero-order valence-electron chi connectivity index (χ0n) is 11.7. The molecule has 2 N–H and O–H groups in total. The number of hydrogen-bond acceptors (Lipinski definition) is 3. The molecule has 0 radical (unpaired) electrons. The van der Waals surface area contributed by atoms with Crippen molar-refractivity contribution in [2.45, 2.75) is 46.1 Å². The van der Waals surface area contributed by atoms with Crippen LogP contribution in [0.4, 0.5) is 5.82 Å². The second kappa shape index (κ2) is 6.19. The van der Waals surface area contributed by atoms with Gasteiger partial charge in [-0.2, -0.15) is 0 Å². The minimum absolute atomic E-state index is 0.600. The van der Waals surface area contributed by atoms with Crippen molar-refractivity contribution in [2.75, 3.05) is 18.0 Å². The summed E-state index contributed by atoms with van der Waals surface area (Å²) < 4.78 is 0. The van der Waals surface area contributed by atoms with Crippen molar-refractivity contribution in [2.24, 2.45) is 11.7 Å². The number of nitrogens with two attached hydrogens (primary N) is 1. The molecule has 1 aliphatic rings. The normalized spacial score (nSPS) is 17.2. The Morgan fingerprint density at radius 3 is 2.67 bits per heavy atom. The van der Waals surface area contributed by atoms with Gasteiger partial charge in [0.1, 0.15) is 5.82 Å². The Labute approximate surface area is 110 Å². The Bertz CT molecular complexity index is 381. The van der Waals surface area contributed by atoms with E-state index in [2.05, 4.69) is 28.9 Å². The summed E-state index contributed by atoms with van der Waals surface area (Å²) in [5, 5.41) is 0. The van der Waals surface area contributed by atoms with Gasteiger partial charge in [-0.15, -0.1) is 0 Å². The molecule has 0 bridgehead atoms. The lowest BCUT2D eigenvalue weighted by molar-refractivity contribution is 0.377. The van der Waals surface area contributed by atoms with E-state index in [9.17, 15) is 0 Å². The molecule has 1 aliphatic heterocycles. The smallest absolute Gasteiger partial charge is 0.129 e. The van der Waals surface area contributed by atoms with Crippen LogP contribution < -0.4 is 10.6 Å². The molecule has 100 valence electrons. The fourth-order valence-electron chi connectivity index (χ4n) is 2.86. The molecule has 1 fully saturated rings. The third-order valence-electron chi connectivity index (χ3n) is 3.87. The van der Waals surface area contributed by atoms with E-state index < -0.39 is 0 Å². The summed E-state index contributed by atoms with van der Waals surface area (Å²) in [5.41, 5.74) is 7.99. The first-order valence-electron chi connectivity index (χ1n) is 7.15. The number of anilines is 1. The number of aryl methyl sites for hydroxylation is 1. The zero-order chi connectivity index (χ0) is 13.0. The molecule has 1 aromatic heterocycles. The maximum absolute atomic E-state index is 5.73. The van der Waals surface area contributed by atoms with E-state index in [0.717, 1.165) is 30.5 Å². The minimum atomic E-state index is 0.600. The predicted molar refractivity (Wildman–Crippen MR) is 76.7 cm³/mol. The second-order valence-corrected chi connectivity index (χ2v) is 5.40. The van der Waals surface area contributed by atoms with Crippen LogP contribution in [0, 0.1) is 12.8 Å². The Morgan fingerprint density at radius 1 is 1.33 bits per heavy atom. The molecule has 0 amide bonds. The van der Waals surface area contributed by atoms with Crippen molar-refractivity contribution in [3.8, 4) is 0 Å². The van der Waals surface area contributed by atoms with Gasteiger partial charge >= 0.3 is 0 Å². The maximum atomic E-state index is 5.73. The summed E-state index contributed by atoms with van der Waals surface area (Å²) in [5.74, 6) is 2.04. The van der Waals surface area contributed by atoms with Crippen LogP contribution >= 0.6 is 0 Å². The van der Waals surface area contributed by atoms with Crippen molar-refractivity contribution in [1.82, 2.24) is 4.98 Å². The molecule has 0 saturated carbocycles. The lowest BCUT2D eigenvalue weighted by atomic mass is 9.92. The van der Waals surface area contributed by atoms with Crippen molar-refractivity contribution in [1.29, 1.82) is 0 Å². The quantitative estimate of drug-likeness (QED) is 0.889. The van der Waals surface area contributed by atoms with Gasteiger partial charge in [-0.3, -0.25) is 0 Å². The topological polar surface area (TPSA) is 42.1 Å². The highest BCUT2D eigenvalue weighted by atomic mass is 15.2. The van der Waals surface area contributed by atoms with Crippen molar-refractivity contribution in [3.05, 3.63) is 23.4 Å². The molecule has 1 aromatic rings. The van der Waals surface area contributed by atoms with Gasteiger partial charge in [-0.05, 0) is 43.4 Å². The zero-order valence-corrected chi connectivity index (χ0v) is 11.7. The number of piperidine rings is 1. The van der Waals surface area contributed by atoms with Gasteiger partial charge < -0.3 is 10.6 Å². The molecule has 0 aromatic carbocycles. The maximum Gasteiger partial charge on any atom is 0.129 e. The number of pyridine rings is 1. The van der Waals surface area contributed by atoms with Crippen LogP contribution in [0.15, 0.2) is 12.1 Å². The third kappa shape index (κ3) is 3.22. The van der Waals surface area contributed by atoms with E-state index in [1.807, 2.05) is 6.92 Å². The summed E-state index contributed by atoms with van der Waals surface area (Å²) in [4.78, 5) is 7.06. The molecule has 0 aliphatic carbocycles. The van der Waals surface area contributed by atoms with E-state index in [-0.39, 0.29) is 0 Å². The summed E-state index contributed by atoms with van der Waals surface area (Å²) in [6.45, 7) is 7.22. The lowest BCUT2D eigenvalue weighted by Gasteiger charge is -2.33. The lowest BCUT2D eigenvalue weighted by Crippen LogP contribution is -2.34. The van der Waals surface area contributed by atoms with E-state index >= 15 is 0 Å². The molecule has 0 spiro atoms. The standard InChI is InChI=1S/C15H25N3/c1-3-4-13-5-7-18(8-6-13)15-10-14(11-16)9-12(2)17-15/h9-10,13H,3-8,11,16H2,1-2H3. The molecule has 0 unspecified atom stereocenters. The van der Waals surface area contributed by atoms with Crippen LogP contribution in [0.1, 0.15) is 43.9 Å². The number of aromatic nitrogens is 1. The second-order valence-electron chi connectivity index (χ2n) is 5.40. The fraction of sp³-hybridized carbons (Fsp3) is 0.667. The van der Waals surface area contributed by atoms with Crippen LogP contribution in [0.2, 0.25) is 0 Å². The first kappa shape index (κ1) is 13.3. The van der Waals surface area contributed by atoms with E-state index in [0.29, 0.717) is 6.54 Å². The summed E-state index contributed by atoms with van der Waals surface area (Å²) in [6, 6.07) is 4.22. The van der Waals surface area contributed by atoms with E-state index in [1.54, 1.807) is 0 Å². The monoisotopic (exact) mass is 247 g/mol. The highest BCUT2D eigenvalue weighted by molar-refractivity contribution is 5.43. The molecule has 1 saturated heterocycles. The van der Waals surface area contributed by atoms with E-state index in [1.165, 1.54) is 31.2 Å². The number of nitrogens with zero attached hydrogens (tertiary/aromatic N) is 2. The predicted octanol–water partition coefficient (Wildman–Crippen LogP) is 2.87. The van der Waals surface area contributed by atoms with E-state index in [4.69, 9.17) is 5.73 Å². The molecule has 0 atom stereocenters. The molecule has 3 heteroatoms. The first-order chi connectivity index (χ1) is 8.72. The van der Waals surface area contributed by atoms with Gasteiger partial charge in [0.15, 0.2) is 0 Å². The fourth-order valence-corrected chi connectivity index (χ4v) is 2.86. The van der Waals surface area contributed by atoms with Crippen molar-refractivity contribution >= 4 is 5.82 Å². The van der Waals surface area contributed by atoms with Gasteiger partial charge in [0.25, 0.3) is 0 Å². The van der Waals surface area contributed by atoms with Crippen LogP contribution in [-0.4, -0.2) is 18.1 Å². The Balaban J connectivity index is 2.02. The van der Waals surface area contributed by atoms with Gasteiger partial charge in [0.05, 0.1) is 0 Å². The first-order valence-corrected chi connectivity index (χ1v) is 7.15. The van der Waals surface area contributed by atoms with Crippen molar-refractivity contribution in [3.63, 3.8) is 0 Å². The van der Waals surface area contributed by atoms with Crippen molar-refractivity contribution < 1.29 is 0 Å². The van der Waals surface area contributed by atoms with Crippen LogP contribution in [-0.2, 0) is 6.54 Å². The molecule has 3 nitrogen and oxygen atoms in total. The van der Waals surface area contributed by atoms with Gasteiger partial charge in [0.2, 0.25) is 0 Å². The highest BCUT2D eigenvalue weighted by Crippen LogP contribution is 2.25. The SMILES string of the molecule is CCCC1CCN(c2cc(CN)cc(C)n2)CC1. The van der Waals surface area contributed by atoms with Crippen LogP contribution in [0.5, 0.6) is 0 Å². The number of hydrogen-bond donors (Lipinski definition) is 1. The Hall–Kier alpha value is -1.09. The Morgan fingerprint density at radius 2 is 2.06 bits per heavy atom. The van der Waals surface area contributed by atoms with Gasteiger partial charge in [-0.25, -0.2) is 4.98 Å². The van der Waals surface area contributed by atoms with Crippen LogP contribution in [0.3, 0.4) is 0 Å². The van der Waals surface area contributed by atoms with Gasteiger partial charge in [0, 0.05) is 25.3 Å². The summed E-state index contributed by atoms with van der Waals surface area (Å²) in [7, 11) is 0. The summed E-state index contributed by atoms with van der Waals surface area (Å²) >= 11 is 0. The molecule has 18 heavy (non-hydrogen) atoms. The largest absolute Gasteiger partial charge is 0.357 e. The van der Waals surface area contributed by atoms with Crippen LogP contribution in [0.25, 0.3) is 0 Å². The number of rotatable bonds is 4. The highest BCUT2D eigenvalue weighted by Gasteiger charge is 2.19. The Kier molecular flexibility index (Phi) is 4.59. The minimum Gasteiger partial charge on any atom is -0.357 e. The summed E-state index contributed by atoms with van der Waals surface area (Å²) in [6.07, 6.45) is 5.30. The third-order valence-corrected chi connectivity index (χ3v) is 3.87. The molecule has 2 rings (SSSR count). The average molecular weight is 247 g/mol.